The van der Waals surface area contributed by atoms with Crippen LogP contribution in [0.5, 0.6) is 0 Å². The first-order valence-electron chi connectivity index (χ1n) is 4.63. The number of halogens is 1. The fraction of sp³-hybridized carbons (Fsp3) is 0.636. The molecule has 0 amide bonds. The zero-order valence-corrected chi connectivity index (χ0v) is 9.06. The van der Waals surface area contributed by atoms with Crippen LogP contribution in [0.3, 0.4) is 0 Å². The van der Waals surface area contributed by atoms with E-state index >= 15 is 0 Å². The molecule has 72 valence electrons. The standard InChI is InChI=1S/C11H15ClO/c1-10(2)9(6-12)11(10,3)8-4-5-13-7-8/h4-5,7,9H,6H2,1-3H3. The van der Waals surface area contributed by atoms with Crippen molar-refractivity contribution < 1.29 is 4.42 Å². The highest BCUT2D eigenvalue weighted by Gasteiger charge is 2.68. The average molecular weight is 199 g/mol. The molecule has 1 aliphatic rings. The number of hydrogen-bond acceptors (Lipinski definition) is 1. The van der Waals surface area contributed by atoms with E-state index in [1.54, 1.807) is 6.26 Å². The van der Waals surface area contributed by atoms with Crippen molar-refractivity contribution in [3.63, 3.8) is 0 Å². The van der Waals surface area contributed by atoms with Crippen LogP contribution in [0.4, 0.5) is 0 Å². The quantitative estimate of drug-likeness (QED) is 0.664. The van der Waals surface area contributed by atoms with Crippen LogP contribution in [0.2, 0.25) is 0 Å². The van der Waals surface area contributed by atoms with Crippen molar-refractivity contribution in [2.24, 2.45) is 11.3 Å². The number of hydrogen-bond donors (Lipinski definition) is 0. The molecule has 0 radical (unpaired) electrons. The molecule has 1 heterocycles. The molecule has 1 aromatic rings. The average Bonchev–Trinajstić information content (AvgIpc) is 2.52. The molecule has 1 saturated carbocycles. The summed E-state index contributed by atoms with van der Waals surface area (Å²) < 4.78 is 5.12. The fourth-order valence-corrected chi connectivity index (χ4v) is 3.28. The van der Waals surface area contributed by atoms with Crippen LogP contribution in [0, 0.1) is 11.3 Å². The molecule has 1 nitrogen and oxygen atoms in total. The van der Waals surface area contributed by atoms with Crippen molar-refractivity contribution in [1.29, 1.82) is 0 Å². The second-order valence-electron chi connectivity index (χ2n) is 4.64. The van der Waals surface area contributed by atoms with E-state index in [1.807, 2.05) is 12.3 Å². The summed E-state index contributed by atoms with van der Waals surface area (Å²) in [6.07, 6.45) is 3.58. The normalized spacial score (nSPS) is 36.2. The van der Waals surface area contributed by atoms with Gasteiger partial charge in [-0.3, -0.25) is 0 Å². The van der Waals surface area contributed by atoms with E-state index in [1.165, 1.54) is 5.56 Å². The van der Waals surface area contributed by atoms with Gasteiger partial charge in [-0.15, -0.1) is 11.6 Å². The second kappa shape index (κ2) is 2.54. The molecule has 1 fully saturated rings. The summed E-state index contributed by atoms with van der Waals surface area (Å²) in [5.41, 5.74) is 1.79. The summed E-state index contributed by atoms with van der Waals surface area (Å²) in [6, 6.07) is 2.05. The van der Waals surface area contributed by atoms with Gasteiger partial charge in [-0.25, -0.2) is 0 Å². The van der Waals surface area contributed by atoms with Crippen molar-refractivity contribution in [2.75, 3.05) is 5.88 Å². The smallest absolute Gasteiger partial charge is 0.0940 e. The minimum Gasteiger partial charge on any atom is -0.472 e. The van der Waals surface area contributed by atoms with Crippen LogP contribution in [-0.2, 0) is 5.41 Å². The van der Waals surface area contributed by atoms with Crippen LogP contribution < -0.4 is 0 Å². The van der Waals surface area contributed by atoms with Gasteiger partial charge in [0.05, 0.1) is 12.5 Å². The van der Waals surface area contributed by atoms with E-state index in [0.29, 0.717) is 11.3 Å². The maximum absolute atomic E-state index is 5.95. The van der Waals surface area contributed by atoms with Gasteiger partial charge >= 0.3 is 0 Å². The third kappa shape index (κ3) is 0.940. The Morgan fingerprint density at radius 2 is 2.15 bits per heavy atom. The van der Waals surface area contributed by atoms with Gasteiger partial charge in [0.25, 0.3) is 0 Å². The zero-order valence-electron chi connectivity index (χ0n) is 8.30. The number of rotatable bonds is 2. The Hall–Kier alpha value is -0.430. The Morgan fingerprint density at radius 3 is 2.54 bits per heavy atom. The highest BCUT2D eigenvalue weighted by Crippen LogP contribution is 2.69. The van der Waals surface area contributed by atoms with Crippen LogP contribution in [-0.4, -0.2) is 5.88 Å². The molecule has 0 bridgehead atoms. The van der Waals surface area contributed by atoms with Gasteiger partial charge in [0.1, 0.15) is 0 Å². The van der Waals surface area contributed by atoms with E-state index < -0.39 is 0 Å². The predicted octanol–water partition coefficient (Wildman–Crippen LogP) is 3.43. The topological polar surface area (TPSA) is 13.1 Å². The van der Waals surface area contributed by atoms with Gasteiger partial charge in [-0.05, 0) is 23.0 Å². The molecular formula is C11H15ClO. The molecule has 2 rings (SSSR count). The van der Waals surface area contributed by atoms with E-state index in [4.69, 9.17) is 16.0 Å². The van der Waals surface area contributed by atoms with Gasteiger partial charge in [0.2, 0.25) is 0 Å². The minimum atomic E-state index is 0.210. The molecule has 0 aromatic carbocycles. The molecule has 0 aliphatic heterocycles. The van der Waals surface area contributed by atoms with Crippen LogP contribution in [0.15, 0.2) is 23.0 Å². The van der Waals surface area contributed by atoms with Gasteiger partial charge in [-0.1, -0.05) is 20.8 Å². The molecule has 0 saturated heterocycles. The van der Waals surface area contributed by atoms with Crippen molar-refractivity contribution in [1.82, 2.24) is 0 Å². The first kappa shape index (κ1) is 9.14. The maximum Gasteiger partial charge on any atom is 0.0940 e. The number of alkyl halides is 1. The lowest BCUT2D eigenvalue weighted by Crippen LogP contribution is -2.08. The van der Waals surface area contributed by atoms with Gasteiger partial charge < -0.3 is 4.42 Å². The third-order valence-corrected chi connectivity index (χ3v) is 4.41. The van der Waals surface area contributed by atoms with Gasteiger partial charge in [0, 0.05) is 11.3 Å². The van der Waals surface area contributed by atoms with Crippen molar-refractivity contribution in [3.05, 3.63) is 24.2 Å². The van der Waals surface area contributed by atoms with Gasteiger partial charge in [0.15, 0.2) is 0 Å². The molecular weight excluding hydrogens is 184 g/mol. The summed E-state index contributed by atoms with van der Waals surface area (Å²) in [6.45, 7) is 6.81. The lowest BCUT2D eigenvalue weighted by Gasteiger charge is -2.11. The van der Waals surface area contributed by atoms with Crippen LogP contribution in [0.1, 0.15) is 26.3 Å². The monoisotopic (exact) mass is 198 g/mol. The Labute approximate surface area is 84.1 Å². The van der Waals surface area contributed by atoms with E-state index in [9.17, 15) is 0 Å². The Kier molecular flexibility index (Phi) is 1.78. The maximum atomic E-state index is 5.95. The first-order chi connectivity index (χ1) is 6.05. The first-order valence-corrected chi connectivity index (χ1v) is 5.17. The third-order valence-electron chi connectivity index (χ3n) is 4.10. The molecule has 1 aliphatic carbocycles. The summed E-state index contributed by atoms with van der Waals surface area (Å²) in [7, 11) is 0. The zero-order chi connectivity index (χ0) is 9.69. The molecule has 0 spiro atoms. The van der Waals surface area contributed by atoms with Crippen LogP contribution >= 0.6 is 11.6 Å². The highest BCUT2D eigenvalue weighted by atomic mass is 35.5. The molecule has 1 aromatic heterocycles. The SMILES string of the molecule is CC1(C)C(CCl)C1(C)c1ccoc1. The lowest BCUT2D eigenvalue weighted by atomic mass is 9.92. The fourth-order valence-electron chi connectivity index (χ4n) is 2.58. The van der Waals surface area contributed by atoms with E-state index in [0.717, 1.165) is 5.88 Å². The van der Waals surface area contributed by atoms with Crippen molar-refractivity contribution >= 4 is 11.6 Å². The predicted molar refractivity (Wildman–Crippen MR) is 54.1 cm³/mol. The number of furan rings is 1. The molecule has 13 heavy (non-hydrogen) atoms. The van der Waals surface area contributed by atoms with E-state index in [-0.39, 0.29) is 5.41 Å². The minimum absolute atomic E-state index is 0.210. The van der Waals surface area contributed by atoms with Crippen molar-refractivity contribution in [2.45, 2.75) is 26.2 Å². The molecule has 2 heteroatoms. The summed E-state index contributed by atoms with van der Waals surface area (Å²) in [5, 5.41) is 0. The molecule has 2 unspecified atom stereocenters. The van der Waals surface area contributed by atoms with Crippen LogP contribution in [0.25, 0.3) is 0 Å². The molecule has 2 atom stereocenters. The van der Waals surface area contributed by atoms with Crippen molar-refractivity contribution in [3.8, 4) is 0 Å². The Morgan fingerprint density at radius 1 is 1.46 bits per heavy atom. The summed E-state index contributed by atoms with van der Waals surface area (Å²) in [4.78, 5) is 0. The lowest BCUT2D eigenvalue weighted by molar-refractivity contribution is 0.510. The largest absolute Gasteiger partial charge is 0.472 e. The van der Waals surface area contributed by atoms with E-state index in [2.05, 4.69) is 20.8 Å². The van der Waals surface area contributed by atoms with Gasteiger partial charge in [-0.2, -0.15) is 0 Å². The summed E-state index contributed by atoms with van der Waals surface area (Å²) >= 11 is 5.95. The Bertz CT molecular complexity index is 302. The molecule has 0 N–H and O–H groups in total. The Balaban J connectivity index is 2.35. The highest BCUT2D eigenvalue weighted by molar-refractivity contribution is 6.18. The second-order valence-corrected chi connectivity index (χ2v) is 4.95. The summed E-state index contributed by atoms with van der Waals surface area (Å²) in [5.74, 6) is 1.30.